The maximum Gasteiger partial charge on any atom is 0.0924 e. The summed E-state index contributed by atoms with van der Waals surface area (Å²) in [5.74, 6) is 5.70. The van der Waals surface area contributed by atoms with Crippen LogP contribution in [0.15, 0.2) is 16.2 Å². The molecule has 0 spiro atoms. The maximum absolute atomic E-state index is 11.5. The number of aliphatic hydroxyl groups is 1. The Bertz CT molecular complexity index is 543. The van der Waals surface area contributed by atoms with E-state index in [2.05, 4.69) is 39.7 Å². The number of nitrogens with zero attached hydrogens (tertiary/aromatic N) is 1. The molecule has 0 aromatic heterocycles. The van der Waals surface area contributed by atoms with Crippen LogP contribution in [0.3, 0.4) is 0 Å². The van der Waals surface area contributed by atoms with Gasteiger partial charge in [-0.3, -0.25) is 0 Å². The summed E-state index contributed by atoms with van der Waals surface area (Å²) in [5.41, 5.74) is 3.33. The van der Waals surface area contributed by atoms with Crippen molar-refractivity contribution in [3.8, 4) is 0 Å². The van der Waals surface area contributed by atoms with Crippen molar-refractivity contribution < 1.29 is 5.11 Å². The highest BCUT2D eigenvalue weighted by Gasteiger charge is 2.56. The molecule has 2 atom stereocenters. The van der Waals surface area contributed by atoms with Gasteiger partial charge in [0.1, 0.15) is 0 Å². The Balaban J connectivity index is 2.15. The topological polar surface area (TPSA) is 58.6 Å². The molecule has 1 saturated carbocycles. The van der Waals surface area contributed by atoms with Crippen molar-refractivity contribution >= 4 is 5.71 Å². The molecule has 0 aromatic carbocycles. The molecule has 3 nitrogen and oxygen atoms in total. The quantitative estimate of drug-likeness (QED) is 0.527. The third-order valence-electron chi connectivity index (χ3n) is 5.64. The van der Waals surface area contributed by atoms with Crippen LogP contribution in [0.2, 0.25) is 0 Å². The summed E-state index contributed by atoms with van der Waals surface area (Å²) in [6.45, 7) is 11.5. The Morgan fingerprint density at radius 1 is 0.905 bits per heavy atom. The molecule has 0 aromatic rings. The lowest BCUT2D eigenvalue weighted by atomic mass is 9.49. The summed E-state index contributed by atoms with van der Waals surface area (Å²) >= 11 is 0. The lowest BCUT2D eigenvalue weighted by Crippen LogP contribution is -2.54. The predicted molar refractivity (Wildman–Crippen MR) is 87.0 cm³/mol. The molecule has 0 heterocycles. The highest BCUT2D eigenvalue weighted by molar-refractivity contribution is 6.04. The number of rotatable bonds is 0. The van der Waals surface area contributed by atoms with Crippen molar-refractivity contribution in [2.24, 2.45) is 27.2 Å². The van der Waals surface area contributed by atoms with Crippen LogP contribution >= 0.6 is 0 Å². The fourth-order valence-electron chi connectivity index (χ4n) is 5.99. The van der Waals surface area contributed by atoms with Crippen molar-refractivity contribution in [3.63, 3.8) is 0 Å². The van der Waals surface area contributed by atoms with Gasteiger partial charge in [0.05, 0.1) is 11.3 Å². The Kier molecular flexibility index (Phi) is 2.96. The van der Waals surface area contributed by atoms with E-state index in [0.717, 1.165) is 43.4 Å². The smallest absolute Gasteiger partial charge is 0.0924 e. The molecule has 21 heavy (non-hydrogen) atoms. The van der Waals surface area contributed by atoms with Gasteiger partial charge in [-0.2, -0.15) is 5.10 Å². The molecule has 118 valence electrons. The fourth-order valence-corrected chi connectivity index (χ4v) is 5.99. The summed E-state index contributed by atoms with van der Waals surface area (Å²) in [6.07, 6.45) is 5.92. The third-order valence-corrected chi connectivity index (χ3v) is 5.64. The van der Waals surface area contributed by atoms with E-state index >= 15 is 0 Å². The van der Waals surface area contributed by atoms with Gasteiger partial charge >= 0.3 is 0 Å². The van der Waals surface area contributed by atoms with Gasteiger partial charge in [-0.1, -0.05) is 40.2 Å². The molecule has 0 saturated heterocycles. The Labute approximate surface area is 128 Å². The second kappa shape index (κ2) is 4.13. The van der Waals surface area contributed by atoms with Crippen LogP contribution in [-0.4, -0.2) is 16.4 Å². The standard InChI is InChI=1S/C18H30N2O/c1-15(2)6-12-7-17(5)9-16(3,4)10-18(21,11-17)14(12)13(8-15)20-19/h21H,6-11,19H2,1-5H3. The lowest BCUT2D eigenvalue weighted by molar-refractivity contribution is -0.0754. The molecule has 0 aliphatic heterocycles. The first-order chi connectivity index (χ1) is 9.48. The number of hydrazone groups is 1. The molecular weight excluding hydrogens is 260 g/mol. The van der Waals surface area contributed by atoms with Gasteiger partial charge in [-0.25, -0.2) is 0 Å². The minimum absolute atomic E-state index is 0.174. The van der Waals surface area contributed by atoms with E-state index in [1.54, 1.807) is 0 Å². The van der Waals surface area contributed by atoms with Crippen molar-refractivity contribution in [1.29, 1.82) is 0 Å². The number of hydrogen-bond acceptors (Lipinski definition) is 3. The molecule has 2 unspecified atom stereocenters. The number of fused-ring (bicyclic) bond motifs is 3. The van der Waals surface area contributed by atoms with Gasteiger partial charge in [-0.05, 0) is 54.8 Å². The predicted octanol–water partition coefficient (Wildman–Crippen LogP) is 3.77. The molecule has 0 amide bonds. The first-order valence-electron chi connectivity index (χ1n) is 8.20. The number of hydrogen-bond donors (Lipinski definition) is 2. The minimum atomic E-state index is -0.723. The van der Waals surface area contributed by atoms with Gasteiger partial charge in [0.2, 0.25) is 0 Å². The second-order valence-corrected chi connectivity index (χ2v) is 9.79. The molecule has 3 N–H and O–H groups in total. The fraction of sp³-hybridized carbons (Fsp3) is 0.833. The number of allylic oxidation sites excluding steroid dienone is 1. The minimum Gasteiger partial charge on any atom is -0.385 e. The average molecular weight is 290 g/mol. The summed E-state index contributed by atoms with van der Waals surface area (Å²) in [6, 6.07) is 0. The second-order valence-electron chi connectivity index (χ2n) is 9.79. The molecule has 0 radical (unpaired) electrons. The van der Waals surface area contributed by atoms with Crippen LogP contribution in [0.25, 0.3) is 0 Å². The van der Waals surface area contributed by atoms with E-state index < -0.39 is 5.60 Å². The summed E-state index contributed by atoms with van der Waals surface area (Å²) < 4.78 is 0. The van der Waals surface area contributed by atoms with Crippen LogP contribution in [0.4, 0.5) is 0 Å². The Hall–Kier alpha value is -0.830. The lowest BCUT2D eigenvalue weighted by Gasteiger charge is -2.57. The Morgan fingerprint density at radius 3 is 2.19 bits per heavy atom. The zero-order chi connectivity index (χ0) is 15.7. The van der Waals surface area contributed by atoms with Crippen molar-refractivity contribution in [3.05, 3.63) is 11.1 Å². The highest BCUT2D eigenvalue weighted by Crippen LogP contribution is 2.61. The molecule has 2 bridgehead atoms. The van der Waals surface area contributed by atoms with Gasteiger partial charge in [0.25, 0.3) is 0 Å². The van der Waals surface area contributed by atoms with Crippen LogP contribution in [0, 0.1) is 16.2 Å². The van der Waals surface area contributed by atoms with Crippen molar-refractivity contribution in [2.45, 2.75) is 78.7 Å². The van der Waals surface area contributed by atoms with Gasteiger partial charge in [0, 0.05) is 5.57 Å². The average Bonchev–Trinajstić information content (AvgIpc) is 2.20. The van der Waals surface area contributed by atoms with Crippen LogP contribution in [0.1, 0.15) is 73.1 Å². The van der Waals surface area contributed by atoms with Crippen molar-refractivity contribution in [1.82, 2.24) is 0 Å². The van der Waals surface area contributed by atoms with Crippen LogP contribution in [-0.2, 0) is 0 Å². The molecule has 1 fully saturated rings. The summed E-state index contributed by atoms with van der Waals surface area (Å²) in [4.78, 5) is 0. The molecule has 3 heteroatoms. The highest BCUT2D eigenvalue weighted by atomic mass is 16.3. The zero-order valence-electron chi connectivity index (χ0n) is 14.2. The van der Waals surface area contributed by atoms with Crippen LogP contribution in [0.5, 0.6) is 0 Å². The van der Waals surface area contributed by atoms with E-state index in [1.165, 1.54) is 12.0 Å². The van der Waals surface area contributed by atoms with E-state index in [0.29, 0.717) is 0 Å². The van der Waals surface area contributed by atoms with E-state index in [1.807, 2.05) is 0 Å². The first kappa shape index (κ1) is 15.1. The monoisotopic (exact) mass is 290 g/mol. The van der Waals surface area contributed by atoms with Gasteiger partial charge < -0.3 is 10.9 Å². The normalized spacial score (nSPS) is 42.9. The van der Waals surface area contributed by atoms with Crippen molar-refractivity contribution in [2.75, 3.05) is 0 Å². The summed E-state index contributed by atoms with van der Waals surface area (Å²) in [5, 5.41) is 15.6. The first-order valence-corrected chi connectivity index (χ1v) is 8.20. The largest absolute Gasteiger partial charge is 0.385 e. The maximum atomic E-state index is 11.5. The van der Waals surface area contributed by atoms with E-state index in [-0.39, 0.29) is 16.2 Å². The summed E-state index contributed by atoms with van der Waals surface area (Å²) in [7, 11) is 0. The van der Waals surface area contributed by atoms with Gasteiger partial charge in [-0.15, -0.1) is 0 Å². The van der Waals surface area contributed by atoms with E-state index in [9.17, 15) is 5.11 Å². The molecular formula is C18H30N2O. The zero-order valence-corrected chi connectivity index (χ0v) is 14.2. The molecule has 3 aliphatic carbocycles. The van der Waals surface area contributed by atoms with Crippen LogP contribution < -0.4 is 5.84 Å². The molecule has 3 rings (SSSR count). The molecule has 3 aliphatic rings. The number of nitrogens with two attached hydrogens (primary N) is 1. The van der Waals surface area contributed by atoms with Gasteiger partial charge in [0.15, 0.2) is 0 Å². The Morgan fingerprint density at radius 2 is 1.57 bits per heavy atom. The SMILES string of the molecule is CC1(C)CC(=NN)C2=C(C1)CC1(C)CC(C)(C)CC2(O)C1. The third kappa shape index (κ3) is 2.44. The van der Waals surface area contributed by atoms with E-state index in [4.69, 9.17) is 5.84 Å².